The lowest BCUT2D eigenvalue weighted by molar-refractivity contribution is -0.661. The summed E-state index contributed by atoms with van der Waals surface area (Å²) in [6, 6.07) is 76.9. The summed E-state index contributed by atoms with van der Waals surface area (Å²) >= 11 is 0. The monoisotopic (exact) mass is 1330 g/mol. The van der Waals surface area contributed by atoms with Gasteiger partial charge in [-0.1, -0.05) is 178 Å². The molecule has 516 valence electrons. The molecular weight excluding hydrogens is 1210 g/mol. The summed E-state index contributed by atoms with van der Waals surface area (Å²) in [5.74, 6) is 1.68. The van der Waals surface area contributed by atoms with E-state index in [-0.39, 0.29) is 0 Å². The van der Waals surface area contributed by atoms with Crippen molar-refractivity contribution in [1.82, 2.24) is 0 Å². The highest BCUT2D eigenvalue weighted by Gasteiger charge is 2.21. The number of benzene rings is 6. The third-order valence-corrected chi connectivity index (χ3v) is 18.8. The minimum Gasteiger partial charge on any atom is -0.201 e. The van der Waals surface area contributed by atoms with Gasteiger partial charge in [-0.3, -0.25) is 0 Å². The van der Waals surface area contributed by atoms with Crippen LogP contribution < -0.4 is 27.4 Å². The van der Waals surface area contributed by atoms with Crippen molar-refractivity contribution in [2.45, 2.75) is 147 Å². The van der Waals surface area contributed by atoms with Gasteiger partial charge in [0.25, 0.3) is 0 Å². The lowest BCUT2D eigenvalue weighted by Gasteiger charge is -2.11. The Morgan fingerprint density at radius 1 is 0.310 bits per heavy atom. The van der Waals surface area contributed by atoms with E-state index < -0.39 is 6.37 Å². The van der Waals surface area contributed by atoms with E-state index in [1.54, 1.807) is 6.92 Å². The molecule has 6 aromatic carbocycles. The quantitative estimate of drug-likeness (QED) is 0.103. The van der Waals surface area contributed by atoms with Crippen LogP contribution in [0.4, 0.5) is 0 Å². The predicted molar refractivity (Wildman–Crippen MR) is 422 cm³/mol. The molecule has 100 heavy (non-hydrogen) atoms. The second-order valence-electron chi connectivity index (χ2n) is 27.5. The maximum absolute atomic E-state index is 7.74. The third-order valence-electron chi connectivity index (χ3n) is 18.8. The first-order valence-electron chi connectivity index (χ1n) is 36.9. The van der Waals surface area contributed by atoms with Crippen LogP contribution in [0.1, 0.15) is 156 Å². The number of aromatic nitrogens is 6. The Balaban J connectivity index is 0.000000172. The van der Waals surface area contributed by atoms with E-state index in [1.807, 2.05) is 42.1 Å². The maximum Gasteiger partial charge on any atom is 0.215 e. The van der Waals surface area contributed by atoms with E-state index in [4.69, 9.17) is 2.74 Å². The molecule has 0 amide bonds. The second-order valence-corrected chi connectivity index (χ2v) is 27.5. The fourth-order valence-corrected chi connectivity index (χ4v) is 12.8. The number of hydrogen-bond donors (Lipinski definition) is 0. The number of rotatable bonds is 13. The van der Waals surface area contributed by atoms with Gasteiger partial charge in [0.2, 0.25) is 34.2 Å². The van der Waals surface area contributed by atoms with Crippen molar-refractivity contribution in [3.05, 3.63) is 322 Å². The van der Waals surface area contributed by atoms with Crippen LogP contribution in [0.25, 0.3) is 67.5 Å². The Morgan fingerprint density at radius 2 is 0.680 bits per heavy atom. The maximum atomic E-state index is 7.74. The number of aryl methyl sites for hydroxylation is 15. The molecule has 0 bridgehead atoms. The van der Waals surface area contributed by atoms with Crippen LogP contribution in [0.3, 0.4) is 0 Å². The molecule has 0 aliphatic heterocycles. The van der Waals surface area contributed by atoms with Crippen LogP contribution in [-0.4, -0.2) is 0 Å². The SMILES string of the molecule is CCCc1ccc(-c2ccccc2C)[n+](C)c1.CCc1ccc[n+](C)c1-c1ccccc1C.Cc1ccccc1-c1c(C(C)C)ccc[n+]1C.Cc1ccccc1-c1cc(C(C)C)cc[n+]1C.Cc1ccccc1-c1ccc(C(C)C)c[n+]1C.[2H]C([2H])(C)c1ccc(-c2ccccc2C)[n+](C)c1. The smallest absolute Gasteiger partial charge is 0.201 e. The van der Waals surface area contributed by atoms with Crippen molar-refractivity contribution < 1.29 is 30.1 Å². The van der Waals surface area contributed by atoms with Crippen LogP contribution in [0.2, 0.25) is 0 Å². The van der Waals surface area contributed by atoms with E-state index in [0.29, 0.717) is 23.3 Å². The highest BCUT2D eigenvalue weighted by atomic mass is 14.9. The molecule has 0 N–H and O–H groups in total. The standard InChI is InChI=1S/4C16H20N.2C15H18N/c1-12(2)14-10-7-11-17(4)16(14)15-9-6-5-8-13(15)3;1-12(2)14-9-10-17(4)16(11-14)15-8-6-5-7-13(15)3;1-12(2)14-9-10-16(17(4)11-14)15-8-6-5-7-13(15)3;1-4-7-14-10-11-16(17(3)12-14)15-9-6-5-8-13(15)2;1-4-13-9-7-11-16(3)15(13)14-10-6-5-8-12(14)2;1-4-13-9-10-15(16(3)11-13)14-8-6-5-7-12(14)2/h3*5-12H,1-4H3;5-6,8-12H,4,7H2,1-3H3;2*5-11H,4H2,1-3H3/q6*+1/i;;;;;4D2. The van der Waals surface area contributed by atoms with Crippen LogP contribution in [0.5, 0.6) is 0 Å². The van der Waals surface area contributed by atoms with Gasteiger partial charge in [0.05, 0.1) is 0 Å². The van der Waals surface area contributed by atoms with Crippen LogP contribution in [0.15, 0.2) is 256 Å². The molecule has 6 nitrogen and oxygen atoms in total. The lowest BCUT2D eigenvalue weighted by atomic mass is 9.94. The fourth-order valence-electron chi connectivity index (χ4n) is 12.8. The molecule has 0 saturated carbocycles. The molecule has 0 aliphatic carbocycles. The highest BCUT2D eigenvalue weighted by molar-refractivity contribution is 5.67. The molecule has 0 unspecified atom stereocenters. The summed E-state index contributed by atoms with van der Waals surface area (Å²) in [5.41, 5.74) is 30.9. The summed E-state index contributed by atoms with van der Waals surface area (Å²) in [6.45, 7) is 32.3. The molecular formula is C94H116N6+6. The largest absolute Gasteiger partial charge is 0.215 e. The molecule has 6 heterocycles. The molecule has 0 atom stereocenters. The highest BCUT2D eigenvalue weighted by Crippen LogP contribution is 2.30. The number of hydrogen-bond acceptors (Lipinski definition) is 0. The van der Waals surface area contributed by atoms with Gasteiger partial charge in [-0.15, -0.1) is 0 Å². The first-order chi connectivity index (χ1) is 48.6. The van der Waals surface area contributed by atoms with Crippen LogP contribution >= 0.6 is 0 Å². The zero-order valence-corrected chi connectivity index (χ0v) is 64.3. The average molecular weight is 1330 g/mol. The van der Waals surface area contributed by atoms with Gasteiger partial charge in [-0.05, 0) is 184 Å². The van der Waals surface area contributed by atoms with Crippen molar-refractivity contribution in [2.24, 2.45) is 42.3 Å². The van der Waals surface area contributed by atoms with Gasteiger partial charge in [0.1, 0.15) is 42.3 Å². The molecule has 0 spiro atoms. The molecule has 0 radical (unpaired) electrons. The van der Waals surface area contributed by atoms with E-state index >= 15 is 0 Å². The Morgan fingerprint density at radius 3 is 1.07 bits per heavy atom. The molecule has 12 aromatic rings. The predicted octanol–water partition coefficient (Wildman–Crippen LogP) is 20.4. The molecule has 0 saturated heterocycles. The topological polar surface area (TPSA) is 23.3 Å². The second kappa shape index (κ2) is 38.0. The Labute approximate surface area is 606 Å². The zero-order chi connectivity index (χ0) is 74.4. The third kappa shape index (κ3) is 20.9. The lowest BCUT2D eigenvalue weighted by Crippen LogP contribution is -2.32. The summed E-state index contributed by atoms with van der Waals surface area (Å²) in [7, 11) is 12.5. The Hall–Kier alpha value is -9.78. The number of nitrogens with zero attached hydrogens (tertiary/aromatic N) is 6. The van der Waals surface area contributed by atoms with Gasteiger partial charge in [-0.25, -0.2) is 27.4 Å². The van der Waals surface area contributed by atoms with Gasteiger partial charge in [-0.2, -0.15) is 0 Å². The molecule has 6 aromatic heterocycles. The van der Waals surface area contributed by atoms with Gasteiger partial charge in [0.15, 0.2) is 37.2 Å². The minimum atomic E-state index is -1.30. The van der Waals surface area contributed by atoms with Crippen molar-refractivity contribution in [2.75, 3.05) is 0 Å². The Bertz CT molecular complexity index is 4710. The van der Waals surface area contributed by atoms with Crippen molar-refractivity contribution >= 4 is 0 Å². The molecule has 0 aliphatic rings. The van der Waals surface area contributed by atoms with Crippen LogP contribution in [0, 0.1) is 41.5 Å². The molecule has 0 fully saturated rings. The van der Waals surface area contributed by atoms with Crippen molar-refractivity contribution in [3.63, 3.8) is 0 Å². The van der Waals surface area contributed by atoms with Gasteiger partial charge in [0, 0.05) is 106 Å². The minimum absolute atomic E-state index is 0.539. The number of pyridine rings is 6. The van der Waals surface area contributed by atoms with E-state index in [9.17, 15) is 0 Å². The van der Waals surface area contributed by atoms with E-state index in [1.165, 1.54) is 129 Å². The van der Waals surface area contributed by atoms with Gasteiger partial charge < -0.3 is 0 Å². The summed E-state index contributed by atoms with van der Waals surface area (Å²) < 4.78 is 28.5. The van der Waals surface area contributed by atoms with Crippen molar-refractivity contribution in [1.29, 1.82) is 0 Å². The van der Waals surface area contributed by atoms with Crippen LogP contribution in [-0.2, 0) is 61.5 Å². The van der Waals surface area contributed by atoms with Gasteiger partial charge >= 0.3 is 0 Å². The summed E-state index contributed by atoms with van der Waals surface area (Å²) in [5, 5.41) is 0. The van der Waals surface area contributed by atoms with E-state index in [2.05, 4.69) is 380 Å². The normalized spacial score (nSPS) is 11.1. The summed E-state index contributed by atoms with van der Waals surface area (Å²) in [6.07, 6.45) is 14.8. The molecule has 6 heteroatoms. The summed E-state index contributed by atoms with van der Waals surface area (Å²) in [4.78, 5) is 0. The Kier molecular flexibility index (Phi) is 28.3. The molecule has 12 rings (SSSR count). The van der Waals surface area contributed by atoms with Crippen molar-refractivity contribution in [3.8, 4) is 67.5 Å². The average Bonchev–Trinajstić information content (AvgIpc) is 0.824. The first kappa shape index (κ1) is 74.4. The zero-order valence-electron chi connectivity index (χ0n) is 66.3. The first-order valence-corrected chi connectivity index (χ1v) is 35.9. The van der Waals surface area contributed by atoms with E-state index in [0.717, 1.165) is 18.5 Å². The fraction of sp³-hybridized carbons (Fsp3) is 0.298.